The molecule has 2 atom stereocenters. The lowest BCUT2D eigenvalue weighted by atomic mass is 10.0. The largest absolute Gasteiger partial charge is 0.503 e. The van der Waals surface area contributed by atoms with Gasteiger partial charge in [-0.3, -0.25) is 14.4 Å². The van der Waals surface area contributed by atoms with Gasteiger partial charge in [0.05, 0.1) is 24.7 Å². The number of rotatable bonds is 3. The van der Waals surface area contributed by atoms with Crippen molar-refractivity contribution < 1.29 is 28.2 Å². The number of amides is 2. The van der Waals surface area contributed by atoms with Gasteiger partial charge in [0, 0.05) is 17.8 Å². The monoisotopic (exact) mass is 431 g/mol. The van der Waals surface area contributed by atoms with Crippen LogP contribution < -0.4 is 10.7 Å². The summed E-state index contributed by atoms with van der Waals surface area (Å²) in [6, 6.07) is 2.90. The maximum absolute atomic E-state index is 14.3. The van der Waals surface area contributed by atoms with E-state index < -0.39 is 46.4 Å². The van der Waals surface area contributed by atoms with Crippen molar-refractivity contribution in [3.8, 4) is 5.75 Å². The van der Waals surface area contributed by atoms with Crippen molar-refractivity contribution in [1.29, 1.82) is 0 Å². The molecule has 2 fully saturated rings. The van der Waals surface area contributed by atoms with Crippen LogP contribution >= 0.6 is 0 Å². The molecule has 2 N–H and O–H groups in total. The summed E-state index contributed by atoms with van der Waals surface area (Å²) in [5.74, 6) is -3.69. The van der Waals surface area contributed by atoms with E-state index in [2.05, 4.69) is 5.32 Å². The second-order valence-corrected chi connectivity index (χ2v) is 8.23. The highest BCUT2D eigenvalue weighted by molar-refractivity contribution is 5.99. The van der Waals surface area contributed by atoms with Crippen LogP contribution in [0.5, 0.6) is 5.75 Å². The second kappa shape index (κ2) is 6.61. The van der Waals surface area contributed by atoms with E-state index in [0.717, 1.165) is 12.1 Å². The summed E-state index contributed by atoms with van der Waals surface area (Å²) in [4.78, 5) is 39.9. The number of carbonyl (C=O) groups excluding carboxylic acids is 2. The first-order valence-corrected chi connectivity index (χ1v) is 9.90. The van der Waals surface area contributed by atoms with E-state index in [1.807, 2.05) is 0 Å². The van der Waals surface area contributed by atoms with Gasteiger partial charge in [-0.25, -0.2) is 8.78 Å². The fourth-order valence-electron chi connectivity index (χ4n) is 4.39. The molecule has 1 aromatic carbocycles. The summed E-state index contributed by atoms with van der Waals surface area (Å²) in [5, 5.41) is 13.1. The summed E-state index contributed by atoms with van der Waals surface area (Å²) < 4.78 is 34.4. The van der Waals surface area contributed by atoms with Crippen LogP contribution in [0.2, 0.25) is 0 Å². The number of benzene rings is 1. The molecule has 162 valence electrons. The van der Waals surface area contributed by atoms with Crippen molar-refractivity contribution in [2.45, 2.75) is 44.1 Å². The van der Waals surface area contributed by atoms with E-state index in [4.69, 9.17) is 4.74 Å². The topological polar surface area (TPSA) is 101 Å². The lowest BCUT2D eigenvalue weighted by Gasteiger charge is -2.33. The molecule has 2 unspecified atom stereocenters. The van der Waals surface area contributed by atoms with Gasteiger partial charge in [-0.15, -0.1) is 0 Å². The first-order valence-electron chi connectivity index (χ1n) is 9.90. The molecule has 0 radical (unpaired) electrons. The Bertz CT molecular complexity index is 1190. The van der Waals surface area contributed by atoms with Gasteiger partial charge >= 0.3 is 0 Å². The number of ether oxygens (including phenoxy) is 1. The maximum atomic E-state index is 14.3. The third-order valence-corrected chi connectivity index (χ3v) is 6.16. The van der Waals surface area contributed by atoms with Crippen LogP contribution in [0.1, 0.15) is 46.2 Å². The Labute approximate surface area is 175 Å². The van der Waals surface area contributed by atoms with Crippen LogP contribution in [-0.2, 0) is 16.8 Å². The van der Waals surface area contributed by atoms with Crippen molar-refractivity contribution >= 4 is 11.8 Å². The van der Waals surface area contributed by atoms with Gasteiger partial charge in [0.15, 0.2) is 17.7 Å². The normalized spacial score (nSPS) is 23.3. The Hall–Kier alpha value is -3.27. The predicted molar refractivity (Wildman–Crippen MR) is 102 cm³/mol. The van der Waals surface area contributed by atoms with Crippen LogP contribution in [-0.4, -0.2) is 45.3 Å². The molecule has 1 aliphatic carbocycles. The van der Waals surface area contributed by atoms with E-state index in [1.165, 1.54) is 21.7 Å². The molecule has 1 saturated carbocycles. The van der Waals surface area contributed by atoms with Gasteiger partial charge in [0.2, 0.25) is 5.43 Å². The molecule has 31 heavy (non-hydrogen) atoms. The maximum Gasteiger partial charge on any atom is 0.276 e. The summed E-state index contributed by atoms with van der Waals surface area (Å²) in [5.41, 5.74) is -2.47. The Balaban J connectivity index is 1.49. The van der Waals surface area contributed by atoms with Crippen molar-refractivity contribution in [3.05, 3.63) is 63.1 Å². The Morgan fingerprint density at radius 3 is 2.71 bits per heavy atom. The molecule has 10 heteroatoms. The third-order valence-electron chi connectivity index (χ3n) is 6.16. The number of pyridine rings is 1. The molecule has 5 rings (SSSR count). The van der Waals surface area contributed by atoms with Crippen LogP contribution in [0.3, 0.4) is 0 Å². The average molecular weight is 431 g/mol. The highest BCUT2D eigenvalue weighted by atomic mass is 19.1. The standard InChI is InChI=1S/C21H19F2N3O5/c1-10-9-31-15-8-25-7-12(17(27)18(28)16(25)20(30)26(10)15)19(29)24-21(4-5-21)13-3-2-11(22)6-14(13)23/h2-3,6-7,10,15,28H,4-5,8-9H2,1H3,(H,24,29). The SMILES string of the molecule is CC1COC2Cn3cc(C(=O)NC4(c5ccc(F)cc5F)CC4)c(=O)c(O)c3C(=O)N12. The number of halogens is 2. The van der Waals surface area contributed by atoms with Gasteiger partial charge < -0.3 is 24.6 Å². The number of nitrogens with one attached hydrogen (secondary N) is 1. The van der Waals surface area contributed by atoms with Crippen LogP contribution in [0.15, 0.2) is 29.2 Å². The minimum atomic E-state index is -1.05. The van der Waals surface area contributed by atoms with Gasteiger partial charge in [-0.1, -0.05) is 6.07 Å². The number of nitrogens with zero attached hydrogens (tertiary/aromatic N) is 2. The molecule has 0 bridgehead atoms. The molecule has 2 amide bonds. The zero-order chi connectivity index (χ0) is 22.1. The average Bonchev–Trinajstić information content (AvgIpc) is 3.38. The lowest BCUT2D eigenvalue weighted by Crippen LogP contribution is -2.49. The van der Waals surface area contributed by atoms with Crippen LogP contribution in [0.4, 0.5) is 8.78 Å². The Morgan fingerprint density at radius 2 is 2.03 bits per heavy atom. The first kappa shape index (κ1) is 19.7. The van der Waals surface area contributed by atoms with Crippen molar-refractivity contribution in [2.24, 2.45) is 0 Å². The van der Waals surface area contributed by atoms with E-state index >= 15 is 0 Å². The number of hydrogen-bond donors (Lipinski definition) is 2. The smallest absolute Gasteiger partial charge is 0.276 e. The number of aromatic nitrogens is 1. The summed E-state index contributed by atoms with van der Waals surface area (Å²) >= 11 is 0. The summed E-state index contributed by atoms with van der Waals surface area (Å²) in [7, 11) is 0. The zero-order valence-corrected chi connectivity index (χ0v) is 16.5. The highest BCUT2D eigenvalue weighted by Crippen LogP contribution is 2.46. The molecule has 1 aromatic heterocycles. The quantitative estimate of drug-likeness (QED) is 0.766. The van der Waals surface area contributed by atoms with Crippen molar-refractivity contribution in [1.82, 2.24) is 14.8 Å². The molecular weight excluding hydrogens is 412 g/mol. The van der Waals surface area contributed by atoms with Crippen molar-refractivity contribution in [2.75, 3.05) is 6.61 Å². The van der Waals surface area contributed by atoms with E-state index in [1.54, 1.807) is 6.92 Å². The Kier molecular flexibility index (Phi) is 4.20. The van der Waals surface area contributed by atoms with Crippen LogP contribution in [0.25, 0.3) is 0 Å². The predicted octanol–water partition coefficient (Wildman–Crippen LogP) is 1.45. The molecule has 3 aliphatic rings. The number of aromatic hydroxyl groups is 1. The minimum Gasteiger partial charge on any atom is -0.503 e. The Morgan fingerprint density at radius 1 is 1.29 bits per heavy atom. The van der Waals surface area contributed by atoms with Gasteiger partial charge in [0.25, 0.3) is 11.8 Å². The molecule has 2 aliphatic heterocycles. The molecule has 8 nitrogen and oxygen atoms in total. The van der Waals surface area contributed by atoms with E-state index in [-0.39, 0.29) is 29.4 Å². The first-order chi connectivity index (χ1) is 14.7. The van der Waals surface area contributed by atoms with Gasteiger partial charge in [0.1, 0.15) is 17.2 Å². The molecular formula is C21H19F2N3O5. The summed E-state index contributed by atoms with van der Waals surface area (Å²) in [6.45, 7) is 2.28. The number of hydrogen-bond acceptors (Lipinski definition) is 5. The second-order valence-electron chi connectivity index (χ2n) is 8.23. The number of carbonyl (C=O) groups is 2. The zero-order valence-electron chi connectivity index (χ0n) is 16.5. The van der Waals surface area contributed by atoms with Gasteiger partial charge in [-0.05, 0) is 25.8 Å². The third kappa shape index (κ3) is 2.93. The minimum absolute atomic E-state index is 0.128. The molecule has 3 heterocycles. The number of fused-ring (bicyclic) bond motifs is 2. The molecule has 1 saturated heterocycles. The van der Waals surface area contributed by atoms with Crippen LogP contribution in [0, 0.1) is 11.6 Å². The molecule has 2 aromatic rings. The summed E-state index contributed by atoms with van der Waals surface area (Å²) in [6.07, 6.45) is 1.49. The molecule has 0 spiro atoms. The van der Waals surface area contributed by atoms with E-state index in [9.17, 15) is 28.3 Å². The van der Waals surface area contributed by atoms with Gasteiger partial charge in [-0.2, -0.15) is 0 Å². The van der Waals surface area contributed by atoms with Crippen molar-refractivity contribution in [3.63, 3.8) is 0 Å². The highest BCUT2D eigenvalue weighted by Gasteiger charge is 2.48. The fourth-order valence-corrected chi connectivity index (χ4v) is 4.39. The lowest BCUT2D eigenvalue weighted by molar-refractivity contribution is 0.00624. The fraction of sp³-hybridized carbons (Fsp3) is 0.381. The van der Waals surface area contributed by atoms with E-state index in [0.29, 0.717) is 19.4 Å².